The molecule has 3 heterocycles. The molecule has 0 amide bonds. The largest absolute Gasteiger partial charge is 0.497 e. The van der Waals surface area contributed by atoms with E-state index in [-0.39, 0.29) is 11.7 Å². The zero-order valence-electron chi connectivity index (χ0n) is 21.4. The maximum absolute atomic E-state index is 12.7. The maximum atomic E-state index is 12.7. The Labute approximate surface area is 216 Å². The summed E-state index contributed by atoms with van der Waals surface area (Å²) in [5, 5.41) is 11.8. The van der Waals surface area contributed by atoms with Crippen LogP contribution in [0.15, 0.2) is 76.6 Å². The Balaban J connectivity index is 1.59. The molecular weight excluding hydrogens is 472 g/mol. The first-order valence-electron chi connectivity index (χ1n) is 12.5. The first kappa shape index (κ1) is 25.0. The van der Waals surface area contributed by atoms with E-state index in [4.69, 9.17) is 14.2 Å². The second-order valence-corrected chi connectivity index (χ2v) is 10.1. The Morgan fingerprint density at radius 2 is 1.95 bits per heavy atom. The summed E-state index contributed by atoms with van der Waals surface area (Å²) in [6.45, 7) is 5.85. The van der Waals surface area contributed by atoms with Gasteiger partial charge in [0.2, 0.25) is 0 Å². The molecule has 2 aromatic rings. The predicted octanol–water partition coefficient (Wildman–Crippen LogP) is 4.24. The molecule has 1 aromatic carbocycles. The lowest BCUT2D eigenvalue weighted by molar-refractivity contribution is 0.0631. The fourth-order valence-corrected chi connectivity index (χ4v) is 5.37. The fraction of sp³-hybridized carbons (Fsp3) is 0.379. The van der Waals surface area contributed by atoms with E-state index < -0.39 is 16.9 Å². The first-order valence-corrected chi connectivity index (χ1v) is 12.5. The summed E-state index contributed by atoms with van der Waals surface area (Å²) in [5.74, 6) is -0.401. The molecule has 2 aliphatic heterocycles. The average molecular weight is 505 g/mol. The standard InChI is InChI=1S/C29H32N2O6/c1-29(2)16-26(37-18-19-8-5-4-6-9-19)27-22-14-20(36-13-7-12-35-3)10-11-21(22)24-15-25(32)23(28(33)34)17-30(24)31(27)29/h4-6,8-11,15,17,26H,7,12-14,16,18H2,1-3H3,(H,33,34). The van der Waals surface area contributed by atoms with Crippen LogP contribution in [0.3, 0.4) is 0 Å². The lowest BCUT2D eigenvalue weighted by Gasteiger charge is -2.42. The van der Waals surface area contributed by atoms with Gasteiger partial charge in [0.05, 0.1) is 30.1 Å². The van der Waals surface area contributed by atoms with Crippen LogP contribution in [0.1, 0.15) is 54.7 Å². The van der Waals surface area contributed by atoms with Gasteiger partial charge in [-0.1, -0.05) is 30.3 Å². The number of fused-ring (bicyclic) bond motifs is 5. The van der Waals surface area contributed by atoms with Crippen LogP contribution in [-0.2, 0) is 20.8 Å². The smallest absolute Gasteiger partial charge is 0.341 e. The Morgan fingerprint density at radius 1 is 1.16 bits per heavy atom. The van der Waals surface area contributed by atoms with Gasteiger partial charge in [0.25, 0.3) is 0 Å². The molecule has 1 aliphatic carbocycles. The number of aromatic nitrogens is 1. The summed E-state index contributed by atoms with van der Waals surface area (Å²) in [6.07, 6.45) is 7.16. The summed E-state index contributed by atoms with van der Waals surface area (Å²) in [5.41, 5.74) is 3.48. The van der Waals surface area contributed by atoms with Crippen LogP contribution in [-0.4, -0.2) is 47.7 Å². The van der Waals surface area contributed by atoms with Crippen LogP contribution < -0.4 is 10.4 Å². The van der Waals surface area contributed by atoms with Crippen LogP contribution in [0, 0.1) is 0 Å². The second-order valence-electron chi connectivity index (χ2n) is 10.1. The fourth-order valence-electron chi connectivity index (χ4n) is 5.37. The van der Waals surface area contributed by atoms with Crippen LogP contribution in [0.4, 0.5) is 0 Å². The van der Waals surface area contributed by atoms with Gasteiger partial charge in [0, 0.05) is 50.8 Å². The highest BCUT2D eigenvalue weighted by molar-refractivity contribution is 5.89. The SMILES string of the molecule is COCCCOC1=CC=C2C(=C3C(OCc4ccccc4)CC(C)(C)N3n3cc(C(=O)O)c(=O)cc32)C1. The van der Waals surface area contributed by atoms with Crippen molar-refractivity contribution in [2.75, 3.05) is 25.3 Å². The quantitative estimate of drug-likeness (QED) is 0.511. The molecular formula is C29H32N2O6. The summed E-state index contributed by atoms with van der Waals surface area (Å²) < 4.78 is 19.5. The number of pyridine rings is 1. The van der Waals surface area contributed by atoms with Gasteiger partial charge in [-0.15, -0.1) is 0 Å². The molecule has 1 unspecified atom stereocenters. The number of hydrogen-bond donors (Lipinski definition) is 1. The van der Waals surface area contributed by atoms with Crippen molar-refractivity contribution in [3.63, 3.8) is 0 Å². The topological polar surface area (TPSA) is 90.2 Å². The van der Waals surface area contributed by atoms with E-state index in [1.165, 1.54) is 12.3 Å². The van der Waals surface area contributed by atoms with Crippen molar-refractivity contribution >= 4 is 11.5 Å². The lowest BCUT2D eigenvalue weighted by Crippen LogP contribution is -2.49. The highest BCUT2D eigenvalue weighted by Crippen LogP contribution is 2.48. The number of benzene rings is 1. The number of ether oxygens (including phenoxy) is 3. The minimum Gasteiger partial charge on any atom is -0.497 e. The van der Waals surface area contributed by atoms with Crippen molar-refractivity contribution in [3.05, 3.63) is 98.8 Å². The molecule has 1 aromatic heterocycles. The highest BCUT2D eigenvalue weighted by Gasteiger charge is 2.49. The number of carbonyl (C=O) groups is 1. The molecule has 0 bridgehead atoms. The third-order valence-electron chi connectivity index (χ3n) is 7.04. The van der Waals surface area contributed by atoms with E-state index in [1.807, 2.05) is 47.2 Å². The van der Waals surface area contributed by atoms with Crippen LogP contribution in [0.5, 0.6) is 0 Å². The lowest BCUT2D eigenvalue weighted by atomic mass is 9.89. The van der Waals surface area contributed by atoms with Gasteiger partial charge in [-0.25, -0.2) is 4.79 Å². The number of rotatable bonds is 9. The molecule has 1 N–H and O–H groups in total. The Hall–Kier alpha value is -3.62. The number of hydrogen-bond acceptors (Lipinski definition) is 6. The molecule has 8 nitrogen and oxygen atoms in total. The van der Waals surface area contributed by atoms with Crippen LogP contribution in [0.2, 0.25) is 0 Å². The minimum atomic E-state index is -1.24. The molecule has 1 atom stereocenters. The number of allylic oxidation sites excluding steroid dienone is 4. The minimum absolute atomic E-state index is 0.220. The van der Waals surface area contributed by atoms with Gasteiger partial charge in [-0.05, 0) is 37.1 Å². The van der Waals surface area contributed by atoms with Crippen molar-refractivity contribution in [1.82, 2.24) is 4.68 Å². The molecule has 37 heavy (non-hydrogen) atoms. The second kappa shape index (κ2) is 10.0. The molecule has 0 saturated carbocycles. The molecule has 3 aliphatic rings. The Morgan fingerprint density at radius 3 is 2.68 bits per heavy atom. The monoisotopic (exact) mass is 504 g/mol. The van der Waals surface area contributed by atoms with Crippen molar-refractivity contribution in [3.8, 4) is 0 Å². The molecule has 194 valence electrons. The van der Waals surface area contributed by atoms with Crippen molar-refractivity contribution in [2.45, 2.75) is 51.4 Å². The van der Waals surface area contributed by atoms with Crippen molar-refractivity contribution in [1.29, 1.82) is 0 Å². The highest BCUT2D eigenvalue weighted by atomic mass is 16.5. The Bertz CT molecular complexity index is 1350. The summed E-state index contributed by atoms with van der Waals surface area (Å²) in [4.78, 5) is 24.6. The third-order valence-corrected chi connectivity index (χ3v) is 7.04. The first-order chi connectivity index (χ1) is 17.8. The predicted molar refractivity (Wildman–Crippen MR) is 140 cm³/mol. The molecule has 1 saturated heterocycles. The zero-order valence-corrected chi connectivity index (χ0v) is 21.4. The average Bonchev–Trinajstić information content (AvgIpc) is 3.16. The zero-order chi connectivity index (χ0) is 26.2. The molecule has 0 spiro atoms. The van der Waals surface area contributed by atoms with E-state index in [2.05, 4.69) is 18.9 Å². The van der Waals surface area contributed by atoms with Gasteiger partial charge in [-0.3, -0.25) is 14.5 Å². The summed E-state index contributed by atoms with van der Waals surface area (Å²) in [6, 6.07) is 11.5. The van der Waals surface area contributed by atoms with E-state index >= 15 is 0 Å². The number of methoxy groups -OCH3 is 1. The Kier molecular flexibility index (Phi) is 6.79. The van der Waals surface area contributed by atoms with Crippen molar-refractivity contribution < 1.29 is 24.1 Å². The van der Waals surface area contributed by atoms with Crippen LogP contribution >= 0.6 is 0 Å². The van der Waals surface area contributed by atoms with E-state index in [9.17, 15) is 14.7 Å². The van der Waals surface area contributed by atoms with E-state index in [1.54, 1.807) is 7.11 Å². The molecule has 5 rings (SSSR count). The van der Waals surface area contributed by atoms with E-state index in [0.29, 0.717) is 38.4 Å². The van der Waals surface area contributed by atoms with Gasteiger partial charge in [-0.2, -0.15) is 0 Å². The maximum Gasteiger partial charge on any atom is 0.341 e. The van der Waals surface area contributed by atoms with Gasteiger partial charge < -0.3 is 19.3 Å². The number of carboxylic acids is 1. The van der Waals surface area contributed by atoms with Gasteiger partial charge in [0.15, 0.2) is 5.43 Å². The van der Waals surface area contributed by atoms with Gasteiger partial charge >= 0.3 is 5.97 Å². The van der Waals surface area contributed by atoms with Crippen molar-refractivity contribution in [2.24, 2.45) is 0 Å². The van der Waals surface area contributed by atoms with Gasteiger partial charge in [0.1, 0.15) is 17.4 Å². The molecule has 1 fully saturated rings. The normalized spacial score (nSPS) is 19.5. The van der Waals surface area contributed by atoms with Crippen LogP contribution in [0.25, 0.3) is 5.57 Å². The number of nitrogens with zero attached hydrogens (tertiary/aromatic N) is 2. The number of aromatic carboxylic acids is 1. The summed E-state index contributed by atoms with van der Waals surface area (Å²) in [7, 11) is 1.67. The van der Waals surface area contributed by atoms with E-state index in [0.717, 1.165) is 34.6 Å². The molecule has 0 radical (unpaired) electrons. The summed E-state index contributed by atoms with van der Waals surface area (Å²) >= 11 is 0. The third kappa shape index (κ3) is 4.74. The number of carboxylic acid groups (broad SMARTS) is 1. The molecule has 8 heteroatoms.